The number of esters is 2. The maximum atomic E-state index is 11.6. The molecule has 0 amide bonds. The fourth-order valence-corrected chi connectivity index (χ4v) is 2.08. The Kier molecular flexibility index (Phi) is 4.73. The first-order chi connectivity index (χ1) is 7.60. The van der Waals surface area contributed by atoms with Crippen molar-refractivity contribution < 1.29 is 19.1 Å². The van der Waals surface area contributed by atoms with Gasteiger partial charge in [-0.25, -0.2) is 0 Å². The highest BCUT2D eigenvalue weighted by Crippen LogP contribution is 2.34. The molecule has 16 heavy (non-hydrogen) atoms. The summed E-state index contributed by atoms with van der Waals surface area (Å²) in [5, 5.41) is 0. The summed E-state index contributed by atoms with van der Waals surface area (Å²) in [6.45, 7) is 3.82. The van der Waals surface area contributed by atoms with Crippen LogP contribution in [0, 0.1) is 11.8 Å². The normalized spacial score (nSPS) is 28.9. The Balaban J connectivity index is 2.63. The molecule has 1 aliphatic rings. The minimum absolute atomic E-state index is 0.0389. The second-order valence-electron chi connectivity index (χ2n) is 4.02. The first-order valence-electron chi connectivity index (χ1n) is 5.68. The number of carbonyl (C=O) groups excluding carboxylic acids is 2. The number of cyclic esters (lactones) is 1. The molecule has 1 heterocycles. The van der Waals surface area contributed by atoms with Crippen LogP contribution in [-0.2, 0) is 19.1 Å². The van der Waals surface area contributed by atoms with Gasteiger partial charge >= 0.3 is 11.9 Å². The number of nitrogens with two attached hydrogens (primary N) is 1. The van der Waals surface area contributed by atoms with Gasteiger partial charge in [0.05, 0.1) is 5.92 Å². The van der Waals surface area contributed by atoms with E-state index < -0.39 is 12.3 Å². The quantitative estimate of drug-likeness (QED) is 0.706. The van der Waals surface area contributed by atoms with Crippen LogP contribution in [0.25, 0.3) is 0 Å². The lowest BCUT2D eigenvalue weighted by Crippen LogP contribution is -2.25. The Morgan fingerprint density at radius 1 is 1.56 bits per heavy atom. The van der Waals surface area contributed by atoms with Gasteiger partial charge in [-0.15, -0.1) is 0 Å². The number of rotatable bonds is 5. The molecule has 0 aromatic carbocycles. The first-order valence-corrected chi connectivity index (χ1v) is 5.68. The van der Waals surface area contributed by atoms with Crippen LogP contribution >= 0.6 is 0 Å². The molecule has 92 valence electrons. The van der Waals surface area contributed by atoms with Crippen molar-refractivity contribution in [1.82, 2.24) is 0 Å². The SMILES string of the molecule is CCC1C(OC(C)=O)OC(=O)[C@@H]1CCCN. The van der Waals surface area contributed by atoms with Crippen molar-refractivity contribution in [3.63, 3.8) is 0 Å². The fourth-order valence-electron chi connectivity index (χ4n) is 2.08. The van der Waals surface area contributed by atoms with Gasteiger partial charge in [0.15, 0.2) is 0 Å². The van der Waals surface area contributed by atoms with Gasteiger partial charge in [-0.2, -0.15) is 0 Å². The van der Waals surface area contributed by atoms with Crippen molar-refractivity contribution in [2.75, 3.05) is 6.54 Å². The van der Waals surface area contributed by atoms with Gasteiger partial charge in [0.1, 0.15) is 0 Å². The van der Waals surface area contributed by atoms with E-state index in [2.05, 4.69) is 0 Å². The summed E-state index contributed by atoms with van der Waals surface area (Å²) in [6, 6.07) is 0. The van der Waals surface area contributed by atoms with Gasteiger partial charge in [-0.3, -0.25) is 9.59 Å². The maximum Gasteiger partial charge on any atom is 0.312 e. The molecule has 2 N–H and O–H groups in total. The smallest absolute Gasteiger partial charge is 0.312 e. The van der Waals surface area contributed by atoms with Crippen molar-refractivity contribution in [2.24, 2.45) is 17.6 Å². The standard InChI is InChI=1S/C11H19NO4/c1-3-8-9(5-4-6-12)10(14)16-11(8)15-7(2)13/h8-9,11H,3-6,12H2,1-2H3/t8?,9-,11?/m1/s1. The van der Waals surface area contributed by atoms with E-state index in [1.807, 2.05) is 6.92 Å². The molecule has 1 rings (SSSR count). The van der Waals surface area contributed by atoms with E-state index in [9.17, 15) is 9.59 Å². The van der Waals surface area contributed by atoms with E-state index in [-0.39, 0.29) is 17.8 Å². The summed E-state index contributed by atoms with van der Waals surface area (Å²) in [6.07, 6.45) is 1.52. The minimum Gasteiger partial charge on any atom is -0.425 e. The van der Waals surface area contributed by atoms with E-state index in [0.717, 1.165) is 12.8 Å². The molecule has 0 aromatic heterocycles. The Morgan fingerprint density at radius 3 is 2.75 bits per heavy atom. The molecule has 1 saturated heterocycles. The topological polar surface area (TPSA) is 78.6 Å². The lowest BCUT2D eigenvalue weighted by molar-refractivity contribution is -0.179. The maximum absolute atomic E-state index is 11.6. The van der Waals surface area contributed by atoms with Crippen LogP contribution in [0.5, 0.6) is 0 Å². The zero-order valence-corrected chi connectivity index (χ0v) is 9.77. The summed E-state index contributed by atoms with van der Waals surface area (Å²) >= 11 is 0. The average molecular weight is 229 g/mol. The lowest BCUT2D eigenvalue weighted by Gasteiger charge is -2.18. The van der Waals surface area contributed by atoms with E-state index in [0.29, 0.717) is 13.0 Å². The van der Waals surface area contributed by atoms with Crippen molar-refractivity contribution in [3.8, 4) is 0 Å². The average Bonchev–Trinajstić information content (AvgIpc) is 2.50. The molecular formula is C11H19NO4. The van der Waals surface area contributed by atoms with E-state index in [1.54, 1.807) is 0 Å². The number of ether oxygens (including phenoxy) is 2. The van der Waals surface area contributed by atoms with Gasteiger partial charge < -0.3 is 15.2 Å². The number of hydrogen-bond donors (Lipinski definition) is 1. The molecule has 2 unspecified atom stereocenters. The Morgan fingerprint density at radius 2 is 2.25 bits per heavy atom. The van der Waals surface area contributed by atoms with Crippen LogP contribution in [0.15, 0.2) is 0 Å². The highest BCUT2D eigenvalue weighted by molar-refractivity contribution is 5.75. The van der Waals surface area contributed by atoms with Crippen LogP contribution in [0.4, 0.5) is 0 Å². The molecule has 0 spiro atoms. The zero-order chi connectivity index (χ0) is 12.1. The summed E-state index contributed by atoms with van der Waals surface area (Å²) in [4.78, 5) is 22.4. The van der Waals surface area contributed by atoms with Crippen molar-refractivity contribution in [3.05, 3.63) is 0 Å². The van der Waals surface area contributed by atoms with Crippen molar-refractivity contribution >= 4 is 11.9 Å². The zero-order valence-electron chi connectivity index (χ0n) is 9.77. The van der Waals surface area contributed by atoms with Gasteiger partial charge in [0, 0.05) is 12.8 Å². The summed E-state index contributed by atoms with van der Waals surface area (Å²) in [5.41, 5.74) is 5.42. The van der Waals surface area contributed by atoms with Gasteiger partial charge in [0.25, 0.3) is 6.29 Å². The van der Waals surface area contributed by atoms with E-state index in [1.165, 1.54) is 6.92 Å². The summed E-state index contributed by atoms with van der Waals surface area (Å²) in [7, 11) is 0. The van der Waals surface area contributed by atoms with Crippen LogP contribution < -0.4 is 5.73 Å². The van der Waals surface area contributed by atoms with Gasteiger partial charge in [-0.1, -0.05) is 6.92 Å². The van der Waals surface area contributed by atoms with E-state index >= 15 is 0 Å². The first kappa shape index (κ1) is 13.0. The third-order valence-corrected chi connectivity index (χ3v) is 2.87. The van der Waals surface area contributed by atoms with Crippen molar-refractivity contribution in [2.45, 2.75) is 39.4 Å². The highest BCUT2D eigenvalue weighted by atomic mass is 16.7. The number of hydrogen-bond acceptors (Lipinski definition) is 5. The predicted molar refractivity (Wildman–Crippen MR) is 57.2 cm³/mol. The highest BCUT2D eigenvalue weighted by Gasteiger charge is 2.44. The fraction of sp³-hybridized carbons (Fsp3) is 0.818. The second kappa shape index (κ2) is 5.84. The van der Waals surface area contributed by atoms with Crippen LogP contribution in [0.3, 0.4) is 0 Å². The van der Waals surface area contributed by atoms with Gasteiger partial charge in [0.2, 0.25) is 0 Å². The summed E-state index contributed by atoms with van der Waals surface area (Å²) in [5.74, 6) is -0.914. The van der Waals surface area contributed by atoms with Crippen LogP contribution in [0.1, 0.15) is 33.1 Å². The number of carbonyl (C=O) groups is 2. The van der Waals surface area contributed by atoms with E-state index in [4.69, 9.17) is 15.2 Å². The molecule has 0 bridgehead atoms. The molecule has 0 aliphatic carbocycles. The third kappa shape index (κ3) is 2.95. The minimum atomic E-state index is -0.710. The molecular weight excluding hydrogens is 210 g/mol. The molecule has 5 heteroatoms. The molecule has 0 radical (unpaired) electrons. The predicted octanol–water partition coefficient (Wildman–Crippen LogP) is 0.814. The molecule has 1 fully saturated rings. The monoisotopic (exact) mass is 229 g/mol. The van der Waals surface area contributed by atoms with Crippen LogP contribution in [-0.4, -0.2) is 24.8 Å². The summed E-state index contributed by atoms with van der Waals surface area (Å²) < 4.78 is 10.0. The lowest BCUT2D eigenvalue weighted by atomic mass is 9.88. The Labute approximate surface area is 95.3 Å². The Hall–Kier alpha value is -1.10. The molecule has 1 aliphatic heterocycles. The molecule has 3 atom stereocenters. The van der Waals surface area contributed by atoms with Crippen molar-refractivity contribution in [1.29, 1.82) is 0 Å². The molecule has 0 saturated carbocycles. The Bertz CT molecular complexity index is 267. The van der Waals surface area contributed by atoms with Gasteiger partial charge in [-0.05, 0) is 25.8 Å². The third-order valence-electron chi connectivity index (χ3n) is 2.87. The largest absolute Gasteiger partial charge is 0.425 e. The molecule has 0 aromatic rings. The molecule has 5 nitrogen and oxygen atoms in total. The second-order valence-corrected chi connectivity index (χ2v) is 4.02. The van der Waals surface area contributed by atoms with Crippen LogP contribution in [0.2, 0.25) is 0 Å².